The second kappa shape index (κ2) is 12.0. The minimum atomic E-state index is -1.22. The molecular weight excluding hydrogens is 407 g/mol. The Kier molecular flexibility index (Phi) is 9.45. The minimum absolute atomic E-state index is 0.184. The van der Waals surface area contributed by atoms with Gasteiger partial charge >= 0.3 is 5.97 Å². The van der Waals surface area contributed by atoms with Gasteiger partial charge in [-0.2, -0.15) is 0 Å². The number of benzene rings is 1. The quantitative estimate of drug-likeness (QED) is 0.590. The SMILES string of the molecule is CN1CCC(O)=C(C(=O)NCC(=O)O)C1=O.Fc1ccc(COC2CCCCC2)cc1. The highest BCUT2D eigenvalue weighted by molar-refractivity contribution is 6.19. The molecular formula is C22H29FN2O6. The van der Waals surface area contributed by atoms with Crippen molar-refractivity contribution in [2.45, 2.75) is 51.2 Å². The number of carboxylic acid groups (broad SMARTS) is 1. The number of ether oxygens (including phenoxy) is 1. The average Bonchev–Trinajstić information content (AvgIpc) is 2.76. The van der Waals surface area contributed by atoms with E-state index >= 15 is 0 Å². The second-order valence-corrected chi connectivity index (χ2v) is 7.57. The molecule has 1 fully saturated rings. The first kappa shape index (κ1) is 24.3. The summed E-state index contributed by atoms with van der Waals surface area (Å²) in [5.41, 5.74) is 0.678. The van der Waals surface area contributed by atoms with Crippen molar-refractivity contribution in [2.75, 3.05) is 20.1 Å². The van der Waals surface area contributed by atoms with Crippen LogP contribution in [-0.2, 0) is 25.7 Å². The maximum Gasteiger partial charge on any atom is 0.322 e. The fourth-order valence-corrected chi connectivity index (χ4v) is 3.31. The Balaban J connectivity index is 0.000000220. The number of aliphatic carboxylic acids is 1. The van der Waals surface area contributed by atoms with Gasteiger partial charge in [-0.3, -0.25) is 14.4 Å². The summed E-state index contributed by atoms with van der Waals surface area (Å²) in [5.74, 6) is -3.17. The fourth-order valence-electron chi connectivity index (χ4n) is 3.31. The van der Waals surface area contributed by atoms with Gasteiger partial charge in [0.1, 0.15) is 23.7 Å². The van der Waals surface area contributed by atoms with Crippen molar-refractivity contribution in [2.24, 2.45) is 0 Å². The molecule has 0 saturated heterocycles. The van der Waals surface area contributed by atoms with Crippen molar-refractivity contribution in [3.63, 3.8) is 0 Å². The first-order valence-electron chi connectivity index (χ1n) is 10.3. The van der Waals surface area contributed by atoms with Gasteiger partial charge in [-0.15, -0.1) is 0 Å². The topological polar surface area (TPSA) is 116 Å². The molecule has 2 amide bonds. The molecule has 1 aromatic carbocycles. The molecule has 1 aliphatic carbocycles. The lowest BCUT2D eigenvalue weighted by Gasteiger charge is -2.23. The number of nitrogens with zero attached hydrogens (tertiary/aromatic N) is 1. The number of carboxylic acids is 1. The third-order valence-corrected chi connectivity index (χ3v) is 5.11. The van der Waals surface area contributed by atoms with E-state index in [2.05, 4.69) is 0 Å². The van der Waals surface area contributed by atoms with Crippen molar-refractivity contribution in [3.8, 4) is 0 Å². The molecule has 1 aliphatic heterocycles. The first-order valence-corrected chi connectivity index (χ1v) is 10.3. The van der Waals surface area contributed by atoms with E-state index in [1.807, 2.05) is 5.32 Å². The van der Waals surface area contributed by atoms with Crippen LogP contribution in [0.5, 0.6) is 0 Å². The van der Waals surface area contributed by atoms with Gasteiger partial charge in [0.15, 0.2) is 0 Å². The summed E-state index contributed by atoms with van der Waals surface area (Å²) in [6.07, 6.45) is 6.89. The van der Waals surface area contributed by atoms with Gasteiger partial charge in [-0.05, 0) is 30.5 Å². The molecule has 0 bridgehead atoms. The molecule has 170 valence electrons. The molecule has 3 N–H and O–H groups in total. The first-order chi connectivity index (χ1) is 14.8. The molecule has 2 aliphatic rings. The Labute approximate surface area is 180 Å². The number of amides is 2. The number of nitrogens with one attached hydrogen (secondary N) is 1. The van der Waals surface area contributed by atoms with Crippen LogP contribution in [0.1, 0.15) is 44.1 Å². The van der Waals surface area contributed by atoms with Crippen LogP contribution in [0, 0.1) is 5.82 Å². The van der Waals surface area contributed by atoms with Crippen molar-refractivity contribution < 1.29 is 33.7 Å². The largest absolute Gasteiger partial charge is 0.511 e. The van der Waals surface area contributed by atoms with Crippen LogP contribution in [0.4, 0.5) is 4.39 Å². The highest BCUT2D eigenvalue weighted by Crippen LogP contribution is 2.21. The van der Waals surface area contributed by atoms with Crippen LogP contribution in [0.2, 0.25) is 0 Å². The Morgan fingerprint density at radius 3 is 2.45 bits per heavy atom. The summed E-state index contributed by atoms with van der Waals surface area (Å²) >= 11 is 0. The lowest BCUT2D eigenvalue weighted by atomic mass is 9.98. The molecule has 1 heterocycles. The van der Waals surface area contributed by atoms with Gasteiger partial charge in [0.25, 0.3) is 11.8 Å². The zero-order valence-electron chi connectivity index (χ0n) is 17.6. The smallest absolute Gasteiger partial charge is 0.322 e. The maximum absolute atomic E-state index is 12.6. The van der Waals surface area contributed by atoms with E-state index in [0.29, 0.717) is 19.3 Å². The van der Waals surface area contributed by atoms with Gasteiger partial charge in [-0.25, -0.2) is 4.39 Å². The Morgan fingerprint density at radius 2 is 1.84 bits per heavy atom. The highest BCUT2D eigenvalue weighted by Gasteiger charge is 2.30. The van der Waals surface area contributed by atoms with Gasteiger partial charge in [0, 0.05) is 20.0 Å². The van der Waals surface area contributed by atoms with Crippen LogP contribution in [0.15, 0.2) is 35.6 Å². The standard InChI is InChI=1S/C13H17FO.C9H12N2O5/c14-12-8-6-11(7-9-12)10-15-13-4-2-1-3-5-13;1-11-3-2-5(12)7(9(11)16)8(15)10-4-6(13)14/h6-9,13H,1-5,10H2;12H,2-4H2,1H3,(H,10,15)(H,13,14). The molecule has 3 rings (SSSR count). The highest BCUT2D eigenvalue weighted by atomic mass is 19.1. The summed E-state index contributed by atoms with van der Waals surface area (Å²) in [6.45, 7) is 0.359. The Bertz CT molecular complexity index is 803. The van der Waals surface area contributed by atoms with Crippen LogP contribution in [0.3, 0.4) is 0 Å². The van der Waals surface area contributed by atoms with E-state index in [9.17, 15) is 23.9 Å². The molecule has 1 saturated carbocycles. The molecule has 8 nitrogen and oxygen atoms in total. The van der Waals surface area contributed by atoms with E-state index in [4.69, 9.17) is 9.84 Å². The number of carbonyl (C=O) groups excluding carboxylic acids is 2. The van der Waals surface area contributed by atoms with E-state index in [-0.39, 0.29) is 23.6 Å². The lowest BCUT2D eigenvalue weighted by Crippen LogP contribution is -2.41. The molecule has 0 unspecified atom stereocenters. The van der Waals surface area contributed by atoms with E-state index < -0.39 is 24.3 Å². The van der Waals surface area contributed by atoms with Crippen molar-refractivity contribution in [1.82, 2.24) is 10.2 Å². The van der Waals surface area contributed by atoms with Crippen molar-refractivity contribution in [1.29, 1.82) is 0 Å². The van der Waals surface area contributed by atoms with Crippen molar-refractivity contribution >= 4 is 17.8 Å². The molecule has 0 spiro atoms. The molecule has 0 atom stereocenters. The van der Waals surface area contributed by atoms with Crippen LogP contribution >= 0.6 is 0 Å². The zero-order chi connectivity index (χ0) is 22.8. The third-order valence-electron chi connectivity index (χ3n) is 5.11. The van der Waals surface area contributed by atoms with E-state index in [1.54, 1.807) is 12.1 Å². The predicted octanol–water partition coefficient (Wildman–Crippen LogP) is 2.54. The van der Waals surface area contributed by atoms with Gasteiger partial charge in [0.05, 0.1) is 12.7 Å². The van der Waals surface area contributed by atoms with E-state index in [0.717, 1.165) is 5.56 Å². The molecule has 9 heteroatoms. The number of likely N-dealkylation sites (N-methyl/N-ethyl adjacent to an activating group) is 1. The Morgan fingerprint density at radius 1 is 1.19 bits per heavy atom. The van der Waals surface area contributed by atoms with Crippen molar-refractivity contribution in [3.05, 3.63) is 47.0 Å². The van der Waals surface area contributed by atoms with Gasteiger partial charge in [0.2, 0.25) is 0 Å². The summed E-state index contributed by atoms with van der Waals surface area (Å²) < 4.78 is 18.4. The normalized spacial score (nSPS) is 17.1. The maximum atomic E-state index is 12.6. The number of aliphatic hydroxyl groups excluding tert-OH is 1. The minimum Gasteiger partial charge on any atom is -0.511 e. The molecule has 31 heavy (non-hydrogen) atoms. The number of aliphatic hydroxyl groups is 1. The zero-order valence-corrected chi connectivity index (χ0v) is 17.6. The summed E-state index contributed by atoms with van der Waals surface area (Å²) in [4.78, 5) is 34.5. The van der Waals surface area contributed by atoms with Crippen LogP contribution < -0.4 is 5.32 Å². The van der Waals surface area contributed by atoms with Crippen LogP contribution in [-0.4, -0.2) is 59.1 Å². The lowest BCUT2D eigenvalue weighted by molar-refractivity contribution is -0.138. The molecule has 0 aromatic heterocycles. The molecule has 1 aromatic rings. The summed E-state index contributed by atoms with van der Waals surface area (Å²) in [6, 6.07) is 6.55. The third kappa shape index (κ3) is 8.01. The second-order valence-electron chi connectivity index (χ2n) is 7.57. The number of halogens is 1. The van der Waals surface area contributed by atoms with Gasteiger partial charge in [-0.1, -0.05) is 31.4 Å². The molecule has 0 radical (unpaired) electrons. The number of rotatable bonds is 6. The average molecular weight is 436 g/mol. The Hall–Kier alpha value is -2.94. The number of carbonyl (C=O) groups is 3. The number of hydrogen-bond donors (Lipinski definition) is 3. The fraction of sp³-hybridized carbons (Fsp3) is 0.500. The predicted molar refractivity (Wildman–Crippen MR) is 111 cm³/mol. The monoisotopic (exact) mass is 436 g/mol. The van der Waals surface area contributed by atoms with Crippen LogP contribution in [0.25, 0.3) is 0 Å². The summed E-state index contributed by atoms with van der Waals surface area (Å²) in [5, 5.41) is 19.8. The van der Waals surface area contributed by atoms with E-state index in [1.165, 1.54) is 56.2 Å². The van der Waals surface area contributed by atoms with Gasteiger partial charge < -0.3 is 25.2 Å². The summed E-state index contributed by atoms with van der Waals surface area (Å²) in [7, 11) is 1.50. The number of hydrogen-bond acceptors (Lipinski definition) is 5.